The SMILES string of the molecule is CO[C@H]1C(=O)N2C(C(=O)OCc3ccc(Cl)c(Cl)c3)=C(C)CS[C@H]12. The number of hydrogen-bond donors (Lipinski definition) is 0. The first-order valence-corrected chi connectivity index (χ1v) is 9.02. The zero-order valence-electron chi connectivity index (χ0n) is 13.0. The van der Waals surface area contributed by atoms with Gasteiger partial charge in [0.05, 0.1) is 10.0 Å². The maximum atomic E-state index is 12.5. The van der Waals surface area contributed by atoms with E-state index in [0.29, 0.717) is 21.5 Å². The van der Waals surface area contributed by atoms with Crippen LogP contribution >= 0.6 is 35.0 Å². The van der Waals surface area contributed by atoms with Crippen LogP contribution in [0.5, 0.6) is 0 Å². The fourth-order valence-electron chi connectivity index (χ4n) is 2.66. The first-order chi connectivity index (χ1) is 11.4. The Kier molecular flexibility index (Phi) is 5.11. The van der Waals surface area contributed by atoms with Crippen molar-refractivity contribution < 1.29 is 19.1 Å². The minimum Gasteiger partial charge on any atom is -0.456 e. The van der Waals surface area contributed by atoms with Gasteiger partial charge in [-0.3, -0.25) is 9.69 Å². The Hall–Kier alpha value is -1.21. The molecule has 0 aliphatic carbocycles. The number of esters is 1. The zero-order valence-corrected chi connectivity index (χ0v) is 15.4. The molecule has 2 heterocycles. The van der Waals surface area contributed by atoms with Gasteiger partial charge in [0.15, 0.2) is 6.10 Å². The van der Waals surface area contributed by atoms with Gasteiger partial charge in [-0.15, -0.1) is 11.8 Å². The number of halogens is 2. The van der Waals surface area contributed by atoms with Crippen molar-refractivity contribution in [3.8, 4) is 0 Å². The molecule has 5 nitrogen and oxygen atoms in total. The molecule has 8 heteroatoms. The number of rotatable bonds is 4. The van der Waals surface area contributed by atoms with Crippen LogP contribution in [0.15, 0.2) is 29.5 Å². The molecule has 0 bridgehead atoms. The molecule has 128 valence electrons. The van der Waals surface area contributed by atoms with E-state index in [-0.39, 0.29) is 17.9 Å². The second-order valence-corrected chi connectivity index (χ2v) is 7.44. The van der Waals surface area contributed by atoms with Crippen molar-refractivity contribution in [3.05, 3.63) is 45.1 Å². The largest absolute Gasteiger partial charge is 0.456 e. The minimum atomic E-state index is -0.522. The van der Waals surface area contributed by atoms with Crippen molar-refractivity contribution in [3.63, 3.8) is 0 Å². The third-order valence-corrected chi connectivity index (χ3v) is 6.05. The van der Waals surface area contributed by atoms with Crippen LogP contribution in [0.1, 0.15) is 12.5 Å². The summed E-state index contributed by atoms with van der Waals surface area (Å²) >= 11 is 13.4. The Morgan fingerprint density at radius 2 is 2.12 bits per heavy atom. The highest BCUT2D eigenvalue weighted by atomic mass is 35.5. The molecule has 0 aromatic heterocycles. The van der Waals surface area contributed by atoms with Gasteiger partial charge in [0.25, 0.3) is 5.91 Å². The highest BCUT2D eigenvalue weighted by Crippen LogP contribution is 2.41. The van der Waals surface area contributed by atoms with Gasteiger partial charge in [-0.1, -0.05) is 29.3 Å². The van der Waals surface area contributed by atoms with E-state index in [1.807, 2.05) is 6.92 Å². The second-order valence-electron chi connectivity index (χ2n) is 5.52. The molecular formula is C16H15Cl2NO4S. The lowest BCUT2D eigenvalue weighted by Crippen LogP contribution is -2.65. The van der Waals surface area contributed by atoms with Gasteiger partial charge in [0.2, 0.25) is 0 Å². The maximum absolute atomic E-state index is 12.5. The molecule has 2 aliphatic rings. The Bertz CT molecular complexity index is 737. The van der Waals surface area contributed by atoms with Crippen LogP contribution in [0.4, 0.5) is 0 Å². The monoisotopic (exact) mass is 387 g/mol. The number of thioether (sulfide) groups is 1. The van der Waals surface area contributed by atoms with Crippen LogP contribution in [-0.2, 0) is 25.7 Å². The van der Waals surface area contributed by atoms with E-state index in [1.165, 1.54) is 12.0 Å². The van der Waals surface area contributed by atoms with Crippen LogP contribution in [0.3, 0.4) is 0 Å². The second kappa shape index (κ2) is 6.96. The summed E-state index contributed by atoms with van der Waals surface area (Å²) in [5.41, 5.74) is 1.86. The first kappa shape index (κ1) is 17.6. The molecule has 0 N–H and O–H groups in total. The summed E-state index contributed by atoms with van der Waals surface area (Å²) in [6.07, 6.45) is -0.499. The molecule has 3 rings (SSSR count). The number of carbonyl (C=O) groups excluding carboxylic acids is 2. The number of fused-ring (bicyclic) bond motifs is 1. The van der Waals surface area contributed by atoms with Crippen molar-refractivity contribution in [1.29, 1.82) is 0 Å². The average molecular weight is 388 g/mol. The smallest absolute Gasteiger partial charge is 0.355 e. The van der Waals surface area contributed by atoms with Crippen molar-refractivity contribution in [2.45, 2.75) is 25.0 Å². The number of methoxy groups -OCH3 is 1. The average Bonchev–Trinajstić information content (AvgIpc) is 2.56. The van der Waals surface area contributed by atoms with Crippen molar-refractivity contribution >= 4 is 46.8 Å². The lowest BCUT2D eigenvalue weighted by molar-refractivity contribution is -0.163. The van der Waals surface area contributed by atoms with E-state index in [2.05, 4.69) is 0 Å². The summed E-state index contributed by atoms with van der Waals surface area (Å²) in [5.74, 6) is -0.0757. The molecule has 2 atom stereocenters. The fourth-order valence-corrected chi connectivity index (χ4v) is 4.30. The number of β-lactam (4-membered cyclic amide) rings is 1. The number of amides is 1. The van der Waals surface area contributed by atoms with E-state index < -0.39 is 12.1 Å². The highest BCUT2D eigenvalue weighted by Gasteiger charge is 2.53. The molecule has 1 aromatic rings. The van der Waals surface area contributed by atoms with Crippen molar-refractivity contribution in [2.75, 3.05) is 12.9 Å². The summed E-state index contributed by atoms with van der Waals surface area (Å²) in [7, 11) is 1.49. The third-order valence-electron chi connectivity index (χ3n) is 3.91. The first-order valence-electron chi connectivity index (χ1n) is 7.22. The van der Waals surface area contributed by atoms with Crippen molar-refractivity contribution in [1.82, 2.24) is 4.90 Å². The standard InChI is InChI=1S/C16H15Cl2NO4S/c1-8-7-24-15-13(22-2)14(20)19(15)12(8)16(21)23-6-9-3-4-10(17)11(18)5-9/h3-5,13,15H,6-7H2,1-2H3/t13-,15+/m0/s1. The van der Waals surface area contributed by atoms with Crippen LogP contribution in [-0.4, -0.2) is 41.1 Å². The number of nitrogens with zero attached hydrogens (tertiary/aromatic N) is 1. The number of carbonyl (C=O) groups is 2. The summed E-state index contributed by atoms with van der Waals surface area (Å²) in [5, 5.41) is 0.670. The number of hydrogen-bond acceptors (Lipinski definition) is 5. The molecular weight excluding hydrogens is 373 g/mol. The Morgan fingerprint density at radius 1 is 1.38 bits per heavy atom. The molecule has 1 saturated heterocycles. The van der Waals surface area contributed by atoms with E-state index in [1.54, 1.807) is 30.0 Å². The lowest BCUT2D eigenvalue weighted by Gasteiger charge is -2.48. The Labute approximate surface area is 153 Å². The molecule has 1 amide bonds. The molecule has 0 saturated carbocycles. The van der Waals surface area contributed by atoms with Gasteiger partial charge in [-0.05, 0) is 30.2 Å². The quantitative estimate of drug-likeness (QED) is 0.586. The predicted molar refractivity (Wildman–Crippen MR) is 92.8 cm³/mol. The van der Waals surface area contributed by atoms with Crippen LogP contribution in [0.2, 0.25) is 10.0 Å². The zero-order chi connectivity index (χ0) is 17.4. The maximum Gasteiger partial charge on any atom is 0.355 e. The number of ether oxygens (including phenoxy) is 2. The van der Waals surface area contributed by atoms with E-state index in [4.69, 9.17) is 32.7 Å². The fraction of sp³-hybridized carbons (Fsp3) is 0.375. The van der Waals surface area contributed by atoms with Gasteiger partial charge in [-0.25, -0.2) is 4.79 Å². The Balaban J connectivity index is 1.72. The molecule has 24 heavy (non-hydrogen) atoms. The van der Waals surface area contributed by atoms with Gasteiger partial charge in [0, 0.05) is 12.9 Å². The lowest BCUT2D eigenvalue weighted by atomic mass is 10.1. The van der Waals surface area contributed by atoms with Crippen molar-refractivity contribution in [2.24, 2.45) is 0 Å². The normalized spacial score (nSPS) is 23.0. The minimum absolute atomic E-state index is 0.0556. The Morgan fingerprint density at radius 3 is 2.79 bits per heavy atom. The van der Waals surface area contributed by atoms with Gasteiger partial charge < -0.3 is 9.47 Å². The summed E-state index contributed by atoms with van der Waals surface area (Å²) in [6, 6.07) is 5.03. The van der Waals surface area contributed by atoms with Crippen LogP contribution in [0.25, 0.3) is 0 Å². The van der Waals surface area contributed by atoms with E-state index >= 15 is 0 Å². The molecule has 0 radical (unpaired) electrons. The molecule has 1 fully saturated rings. The predicted octanol–water partition coefficient (Wildman–Crippen LogP) is 3.24. The van der Waals surface area contributed by atoms with Gasteiger partial charge in [-0.2, -0.15) is 0 Å². The number of benzene rings is 1. The third kappa shape index (κ3) is 3.04. The van der Waals surface area contributed by atoms with E-state index in [0.717, 1.165) is 11.1 Å². The summed E-state index contributed by atoms with van der Waals surface area (Å²) < 4.78 is 10.5. The van der Waals surface area contributed by atoms with Crippen LogP contribution < -0.4 is 0 Å². The van der Waals surface area contributed by atoms with Gasteiger partial charge in [0.1, 0.15) is 17.7 Å². The molecule has 0 unspecified atom stereocenters. The summed E-state index contributed by atoms with van der Waals surface area (Å²) in [6.45, 7) is 1.88. The van der Waals surface area contributed by atoms with Gasteiger partial charge >= 0.3 is 5.97 Å². The molecule has 0 spiro atoms. The van der Waals surface area contributed by atoms with E-state index in [9.17, 15) is 9.59 Å². The summed E-state index contributed by atoms with van der Waals surface area (Å²) in [4.78, 5) is 26.1. The highest BCUT2D eigenvalue weighted by molar-refractivity contribution is 8.00. The topological polar surface area (TPSA) is 55.8 Å². The molecule has 1 aromatic carbocycles. The van der Waals surface area contributed by atoms with Crippen LogP contribution in [0, 0.1) is 0 Å². The molecule has 2 aliphatic heterocycles.